The van der Waals surface area contributed by atoms with Crippen LogP contribution in [0.3, 0.4) is 0 Å². The van der Waals surface area contributed by atoms with Crippen LogP contribution in [0.25, 0.3) is 16.1 Å². The van der Waals surface area contributed by atoms with Crippen LogP contribution in [0, 0.1) is 45.1 Å². The molecule has 2 aliphatic carbocycles. The van der Waals surface area contributed by atoms with Crippen LogP contribution < -0.4 is 0 Å². The molecule has 1 fully saturated rings. The molecule has 0 heterocycles. The first kappa shape index (κ1) is 25.4. The minimum absolute atomic E-state index is 0. The van der Waals surface area contributed by atoms with E-state index in [4.69, 9.17) is 4.98 Å². The Hall–Kier alpha value is -0.669. The van der Waals surface area contributed by atoms with Gasteiger partial charge in [0.05, 0.1) is 0 Å². The van der Waals surface area contributed by atoms with Crippen LogP contribution in [0.15, 0.2) is 48.5 Å². The zero-order chi connectivity index (χ0) is 17.8. The molecule has 0 saturated heterocycles. The molecule has 5 radical (unpaired) electrons. The standard InChI is InChI=1S/C23H25NSi.2CH3.Ti/c1-23(2,3)24-25(4,5)16-14-21-19-12-8-6-10-17(19)18-11-7-9-13-20(18)22(21)15-16;;;/h6-15H,1-5H3;2*1H3;/q3*-1;+4. The Morgan fingerprint density at radius 1 is 0.679 bits per heavy atom. The predicted octanol–water partition coefficient (Wildman–Crippen LogP) is 7.02. The van der Waals surface area contributed by atoms with E-state index < -0.39 is 8.24 Å². The molecule has 28 heavy (non-hydrogen) atoms. The van der Waals surface area contributed by atoms with Crippen LogP contribution in [-0.4, -0.2) is 13.8 Å². The minimum Gasteiger partial charge on any atom is -0.659 e. The third-order valence-corrected chi connectivity index (χ3v) is 7.87. The molecule has 0 bridgehead atoms. The summed E-state index contributed by atoms with van der Waals surface area (Å²) < 4.78 is 0. The van der Waals surface area contributed by atoms with Gasteiger partial charge in [-0.15, -0.1) is 5.54 Å². The quantitative estimate of drug-likeness (QED) is 0.365. The van der Waals surface area contributed by atoms with Crippen LogP contribution >= 0.6 is 0 Å². The molecule has 0 N–H and O–H groups in total. The van der Waals surface area contributed by atoms with Gasteiger partial charge >= 0.3 is 21.7 Å². The molecule has 3 heteroatoms. The summed E-state index contributed by atoms with van der Waals surface area (Å²) in [6, 6.07) is 17.6. The van der Waals surface area contributed by atoms with Gasteiger partial charge in [-0.1, -0.05) is 90.6 Å². The second-order valence-electron chi connectivity index (χ2n) is 8.50. The molecule has 2 aromatic carbocycles. The van der Waals surface area contributed by atoms with Crippen molar-refractivity contribution >= 4 is 8.24 Å². The van der Waals surface area contributed by atoms with Gasteiger partial charge in [-0.2, -0.15) is 0 Å². The number of fused-ring (bicyclic) bond motifs is 6. The van der Waals surface area contributed by atoms with Crippen molar-refractivity contribution in [3.05, 3.63) is 110 Å². The molecule has 0 spiro atoms. The predicted molar refractivity (Wildman–Crippen MR) is 122 cm³/mol. The number of hydrogen-bond donors (Lipinski definition) is 0. The van der Waals surface area contributed by atoms with E-state index in [2.05, 4.69) is 95.2 Å². The van der Waals surface area contributed by atoms with Gasteiger partial charge in [0.2, 0.25) is 0 Å². The second kappa shape index (κ2) is 9.00. The van der Waals surface area contributed by atoms with Crippen LogP contribution in [0.2, 0.25) is 13.1 Å². The van der Waals surface area contributed by atoms with Gasteiger partial charge in [0.25, 0.3) is 0 Å². The maximum absolute atomic E-state index is 5.21. The summed E-state index contributed by atoms with van der Waals surface area (Å²) in [5, 5.41) is 0. The maximum Gasteiger partial charge on any atom is 4.00 e. The third kappa shape index (κ3) is 4.56. The molecule has 0 amide bonds. The summed E-state index contributed by atoms with van der Waals surface area (Å²) in [5.74, 6) is 2.74. The second-order valence-corrected chi connectivity index (χ2v) is 12.4. The fourth-order valence-corrected chi connectivity index (χ4v) is 6.92. The van der Waals surface area contributed by atoms with Crippen LogP contribution in [-0.2, 0) is 21.7 Å². The maximum atomic E-state index is 5.21. The Balaban J connectivity index is 0.00000131. The average molecular weight is 421 g/mol. The molecule has 0 unspecified atom stereocenters. The van der Waals surface area contributed by atoms with Gasteiger partial charge < -0.3 is 19.8 Å². The molecule has 0 aromatic heterocycles. The fraction of sp³-hybridized carbons (Fsp3) is 0.240. The van der Waals surface area contributed by atoms with Gasteiger partial charge in [-0.05, 0) is 40.6 Å². The summed E-state index contributed by atoms with van der Waals surface area (Å²) in [6.45, 7) is 11.3. The van der Waals surface area contributed by atoms with E-state index in [1.807, 2.05) is 0 Å². The van der Waals surface area contributed by atoms with Gasteiger partial charge in [0.15, 0.2) is 0 Å². The van der Waals surface area contributed by atoms with Crippen LogP contribution in [0.1, 0.15) is 31.9 Å². The summed E-state index contributed by atoms with van der Waals surface area (Å²) in [7, 11) is -1.85. The van der Waals surface area contributed by atoms with Crippen molar-refractivity contribution < 1.29 is 21.7 Å². The van der Waals surface area contributed by atoms with E-state index in [1.165, 1.54) is 39.6 Å². The van der Waals surface area contributed by atoms with Crippen LogP contribution in [0.4, 0.5) is 0 Å². The Bertz CT molecular complexity index is 740. The molecular weight excluding hydrogens is 390 g/mol. The topological polar surface area (TPSA) is 14.1 Å². The molecule has 4 rings (SSSR count). The molecular formula is C25H31NSiTi+. The first-order valence-electron chi connectivity index (χ1n) is 9.01. The normalized spacial score (nSPS) is 16.8. The zero-order valence-corrected chi connectivity index (χ0v) is 20.8. The smallest absolute Gasteiger partial charge is 0.659 e. The Kier molecular flexibility index (Phi) is 8.15. The van der Waals surface area contributed by atoms with Crippen molar-refractivity contribution in [2.24, 2.45) is 0 Å². The van der Waals surface area contributed by atoms with Crippen molar-refractivity contribution in [1.82, 2.24) is 0 Å². The Morgan fingerprint density at radius 2 is 1.04 bits per heavy atom. The van der Waals surface area contributed by atoms with Gasteiger partial charge in [0.1, 0.15) is 0 Å². The summed E-state index contributed by atoms with van der Waals surface area (Å²) >= 11 is 0. The van der Waals surface area contributed by atoms with Gasteiger partial charge in [-0.3, -0.25) is 0 Å². The van der Waals surface area contributed by atoms with E-state index in [9.17, 15) is 0 Å². The number of rotatable bonds is 2. The van der Waals surface area contributed by atoms with Crippen LogP contribution in [0.5, 0.6) is 0 Å². The SMILES string of the molecule is CC(C)(C)[N-][Si](C)(C)[C]1[CH][C]2[C]([CH]1)c1ccccc1-c1ccccc12.[CH3-].[CH3-].[Ti+4]. The molecule has 1 saturated carbocycles. The van der Waals surface area contributed by atoms with E-state index in [1.54, 1.807) is 0 Å². The molecule has 2 aliphatic rings. The monoisotopic (exact) mass is 421 g/mol. The zero-order valence-electron chi connectivity index (χ0n) is 18.2. The van der Waals surface area contributed by atoms with Crippen molar-refractivity contribution in [2.75, 3.05) is 0 Å². The van der Waals surface area contributed by atoms with Crippen molar-refractivity contribution in [2.45, 2.75) is 39.4 Å². The summed E-state index contributed by atoms with van der Waals surface area (Å²) in [6.07, 6.45) is 4.82. The summed E-state index contributed by atoms with van der Waals surface area (Å²) in [5.41, 5.74) is 6.82. The Morgan fingerprint density at radius 3 is 1.39 bits per heavy atom. The van der Waals surface area contributed by atoms with E-state index in [0.29, 0.717) is 0 Å². The van der Waals surface area contributed by atoms with E-state index >= 15 is 0 Å². The number of hydrogen-bond acceptors (Lipinski definition) is 0. The van der Waals surface area contributed by atoms with E-state index in [-0.39, 0.29) is 42.1 Å². The van der Waals surface area contributed by atoms with Crippen molar-refractivity contribution in [3.8, 4) is 11.1 Å². The molecule has 0 atom stereocenters. The largest absolute Gasteiger partial charge is 4.00 e. The fourth-order valence-electron chi connectivity index (χ4n) is 4.12. The Labute approximate surface area is 189 Å². The average Bonchev–Trinajstić information content (AvgIpc) is 3.00. The van der Waals surface area contributed by atoms with Gasteiger partial charge in [-0.25, -0.2) is 0 Å². The minimum atomic E-state index is -1.85. The van der Waals surface area contributed by atoms with Crippen molar-refractivity contribution in [3.63, 3.8) is 0 Å². The third-order valence-electron chi connectivity index (χ3n) is 4.94. The van der Waals surface area contributed by atoms with Crippen molar-refractivity contribution in [1.29, 1.82) is 0 Å². The first-order valence-corrected chi connectivity index (χ1v) is 12.0. The number of nitrogens with zero attached hydrogens (tertiary/aromatic N) is 1. The summed E-state index contributed by atoms with van der Waals surface area (Å²) in [4.78, 5) is 5.21. The van der Waals surface area contributed by atoms with E-state index in [0.717, 1.165) is 0 Å². The number of benzene rings is 2. The molecule has 1 nitrogen and oxygen atoms in total. The molecule has 0 aliphatic heterocycles. The molecule has 143 valence electrons. The molecule has 2 aromatic rings. The first-order chi connectivity index (χ1) is 11.8. The van der Waals surface area contributed by atoms with Gasteiger partial charge in [0, 0.05) is 11.8 Å².